The smallest absolute Gasteiger partial charge is 0.422 e. The van der Waals surface area contributed by atoms with Crippen LogP contribution in [0.5, 0.6) is 0 Å². The molecule has 8 heteroatoms. The van der Waals surface area contributed by atoms with Crippen molar-refractivity contribution in [2.45, 2.75) is 58.1 Å². The number of ether oxygens (including phenoxy) is 2. The van der Waals surface area contributed by atoms with Crippen LogP contribution in [0, 0.1) is 0 Å². The molecule has 0 aliphatic carbocycles. The highest BCUT2D eigenvalue weighted by Crippen LogP contribution is 2.12. The number of carbonyl (C=O) groups excluding carboxylic acids is 2. The molecule has 1 unspecified atom stereocenters. The number of aliphatic hydroxyl groups is 1. The molecule has 0 aliphatic heterocycles. The molecule has 0 radical (unpaired) electrons. The second-order valence-electron chi connectivity index (χ2n) is 10.0. The summed E-state index contributed by atoms with van der Waals surface area (Å²) in [6.07, 6.45) is -1.94. The minimum Gasteiger partial charge on any atom is -0.445 e. The molecule has 38 heavy (non-hydrogen) atoms. The molecule has 2 amide bonds. The van der Waals surface area contributed by atoms with Crippen molar-refractivity contribution in [3.8, 4) is 0 Å². The van der Waals surface area contributed by atoms with Crippen molar-refractivity contribution in [3.05, 3.63) is 108 Å². The number of nitrogens with one attached hydrogen (secondary N) is 2. The predicted octanol–water partition coefficient (Wildman–Crippen LogP) is 4.83. The van der Waals surface area contributed by atoms with Crippen LogP contribution >= 0.6 is 0 Å². The van der Waals surface area contributed by atoms with Gasteiger partial charge in [-0.2, -0.15) is 0 Å². The van der Waals surface area contributed by atoms with E-state index >= 15 is 0 Å². The molecule has 0 saturated heterocycles. The number of amides is 2. The van der Waals surface area contributed by atoms with Crippen molar-refractivity contribution in [1.82, 2.24) is 15.8 Å². The van der Waals surface area contributed by atoms with Crippen LogP contribution in [-0.2, 0) is 29.0 Å². The lowest BCUT2D eigenvalue weighted by Gasteiger charge is -2.31. The van der Waals surface area contributed by atoms with Crippen molar-refractivity contribution in [3.63, 3.8) is 0 Å². The summed E-state index contributed by atoms with van der Waals surface area (Å²) in [7, 11) is 0. The van der Waals surface area contributed by atoms with E-state index in [2.05, 4.69) is 10.7 Å². The summed E-state index contributed by atoms with van der Waals surface area (Å²) in [6.45, 7) is 5.82. The Hall–Kier alpha value is -3.88. The topological polar surface area (TPSA) is 100 Å². The van der Waals surface area contributed by atoms with Gasteiger partial charge in [-0.3, -0.25) is 5.43 Å². The van der Waals surface area contributed by atoms with Crippen LogP contribution in [0.25, 0.3) is 0 Å². The Bertz CT molecular complexity index is 1120. The Morgan fingerprint density at radius 3 is 1.89 bits per heavy atom. The maximum atomic E-state index is 12.7. The van der Waals surface area contributed by atoms with Gasteiger partial charge in [0.2, 0.25) is 0 Å². The summed E-state index contributed by atoms with van der Waals surface area (Å²) in [5.41, 5.74) is 4.80. The highest BCUT2D eigenvalue weighted by atomic mass is 16.6. The molecule has 0 fully saturated rings. The minimum atomic E-state index is -1.04. The van der Waals surface area contributed by atoms with Crippen molar-refractivity contribution >= 4 is 12.2 Å². The number of rotatable bonds is 11. The molecular weight excluding hydrogens is 482 g/mol. The standard InChI is InChI=1S/C30H37N3O5/c1-30(2,3)38-29(36)32-33(20-24-15-9-5-10-16-24)21-27(34)26(19-23-13-7-4-8-14-23)31-28(35)37-22-25-17-11-6-12-18-25/h4-18,26-27,34H,19-22H2,1-3H3,(H,31,35)(H,32,36)/t26-,27?/m0/s1. The highest BCUT2D eigenvalue weighted by Gasteiger charge is 2.27. The van der Waals surface area contributed by atoms with E-state index in [0.29, 0.717) is 13.0 Å². The van der Waals surface area contributed by atoms with Crippen LogP contribution < -0.4 is 10.7 Å². The van der Waals surface area contributed by atoms with Gasteiger partial charge in [0.15, 0.2) is 0 Å². The number of hydrazine groups is 1. The number of aliphatic hydroxyl groups excluding tert-OH is 1. The molecule has 2 atom stereocenters. The molecule has 0 aliphatic rings. The van der Waals surface area contributed by atoms with Crippen LogP contribution in [0.15, 0.2) is 91.0 Å². The molecule has 3 aromatic rings. The van der Waals surface area contributed by atoms with E-state index in [-0.39, 0.29) is 13.2 Å². The Morgan fingerprint density at radius 2 is 1.34 bits per heavy atom. The summed E-state index contributed by atoms with van der Waals surface area (Å²) in [5, 5.41) is 15.7. The average Bonchev–Trinajstić information content (AvgIpc) is 2.87. The molecule has 0 aromatic heterocycles. The van der Waals surface area contributed by atoms with E-state index in [1.807, 2.05) is 91.0 Å². The lowest BCUT2D eigenvalue weighted by Crippen LogP contribution is -2.53. The monoisotopic (exact) mass is 519 g/mol. The predicted molar refractivity (Wildman–Crippen MR) is 146 cm³/mol. The first-order valence-electron chi connectivity index (χ1n) is 12.7. The van der Waals surface area contributed by atoms with Gasteiger partial charge in [0, 0.05) is 13.1 Å². The fourth-order valence-electron chi connectivity index (χ4n) is 3.80. The Morgan fingerprint density at radius 1 is 0.816 bits per heavy atom. The molecule has 8 nitrogen and oxygen atoms in total. The molecule has 3 N–H and O–H groups in total. The number of alkyl carbamates (subject to hydrolysis) is 1. The van der Waals surface area contributed by atoms with Gasteiger partial charge < -0.3 is 19.9 Å². The zero-order chi connectivity index (χ0) is 27.4. The van der Waals surface area contributed by atoms with Gasteiger partial charge in [-0.15, -0.1) is 0 Å². The van der Waals surface area contributed by atoms with Crippen molar-refractivity contribution in [2.75, 3.05) is 6.54 Å². The SMILES string of the molecule is CC(C)(C)OC(=O)NN(Cc1ccccc1)CC(O)[C@H](Cc1ccccc1)NC(=O)OCc1ccccc1. The van der Waals surface area contributed by atoms with Crippen molar-refractivity contribution in [1.29, 1.82) is 0 Å². The van der Waals surface area contributed by atoms with Gasteiger partial charge in [0.1, 0.15) is 12.2 Å². The van der Waals surface area contributed by atoms with Gasteiger partial charge >= 0.3 is 12.2 Å². The van der Waals surface area contributed by atoms with Crippen LogP contribution in [0.2, 0.25) is 0 Å². The van der Waals surface area contributed by atoms with Gasteiger partial charge in [-0.25, -0.2) is 14.6 Å². The second kappa shape index (κ2) is 14.2. The molecular formula is C30H37N3O5. The lowest BCUT2D eigenvalue weighted by atomic mass is 10.0. The van der Waals surface area contributed by atoms with Crippen molar-refractivity contribution in [2.24, 2.45) is 0 Å². The number of hydrogen-bond donors (Lipinski definition) is 3. The van der Waals surface area contributed by atoms with Crippen LogP contribution in [0.4, 0.5) is 9.59 Å². The summed E-state index contributed by atoms with van der Waals surface area (Å²) < 4.78 is 10.8. The molecule has 0 bridgehead atoms. The van der Waals surface area contributed by atoms with Crippen molar-refractivity contribution < 1.29 is 24.2 Å². The fourth-order valence-corrected chi connectivity index (χ4v) is 3.80. The van der Waals surface area contributed by atoms with Gasteiger partial charge in [-0.1, -0.05) is 91.0 Å². The summed E-state index contributed by atoms with van der Waals surface area (Å²) in [5.74, 6) is 0. The molecule has 3 aromatic carbocycles. The molecule has 0 spiro atoms. The Balaban J connectivity index is 1.72. The first kappa shape index (κ1) is 28.7. The maximum Gasteiger partial charge on any atom is 0.422 e. The van der Waals surface area contributed by atoms with E-state index in [1.54, 1.807) is 25.8 Å². The molecule has 202 valence electrons. The first-order valence-corrected chi connectivity index (χ1v) is 12.7. The summed E-state index contributed by atoms with van der Waals surface area (Å²) >= 11 is 0. The van der Waals surface area contributed by atoms with E-state index in [1.165, 1.54) is 0 Å². The average molecular weight is 520 g/mol. The first-order chi connectivity index (χ1) is 18.2. The fraction of sp³-hybridized carbons (Fsp3) is 0.333. The number of benzene rings is 3. The lowest BCUT2D eigenvalue weighted by molar-refractivity contribution is 0.0141. The Labute approximate surface area is 224 Å². The molecule has 3 rings (SSSR count). The number of carbonyl (C=O) groups is 2. The van der Waals surface area contributed by atoms with Gasteiger partial charge in [-0.05, 0) is 43.9 Å². The zero-order valence-corrected chi connectivity index (χ0v) is 22.2. The number of nitrogens with zero attached hydrogens (tertiary/aromatic N) is 1. The number of hydrogen-bond acceptors (Lipinski definition) is 6. The maximum absolute atomic E-state index is 12.7. The van der Waals surface area contributed by atoms with Crippen LogP contribution in [0.3, 0.4) is 0 Å². The van der Waals surface area contributed by atoms with E-state index in [4.69, 9.17) is 9.47 Å². The highest BCUT2D eigenvalue weighted by molar-refractivity contribution is 5.68. The third-order valence-corrected chi connectivity index (χ3v) is 5.55. The minimum absolute atomic E-state index is 0.0323. The third-order valence-electron chi connectivity index (χ3n) is 5.55. The summed E-state index contributed by atoms with van der Waals surface area (Å²) in [4.78, 5) is 25.2. The zero-order valence-electron chi connectivity index (χ0n) is 22.2. The van der Waals surface area contributed by atoms with Gasteiger partial charge in [0.05, 0.1) is 12.1 Å². The Kier molecular flexibility index (Phi) is 10.7. The summed E-state index contributed by atoms with van der Waals surface area (Å²) in [6, 6.07) is 27.8. The van der Waals surface area contributed by atoms with Crippen LogP contribution in [0.1, 0.15) is 37.5 Å². The van der Waals surface area contributed by atoms with E-state index < -0.39 is 29.9 Å². The van der Waals surface area contributed by atoms with Crippen LogP contribution in [-0.4, -0.2) is 46.6 Å². The quantitative estimate of drug-likeness (QED) is 0.314. The van der Waals surface area contributed by atoms with Gasteiger partial charge in [0.25, 0.3) is 0 Å². The molecule has 0 saturated carbocycles. The largest absolute Gasteiger partial charge is 0.445 e. The van der Waals surface area contributed by atoms with E-state index in [0.717, 1.165) is 16.7 Å². The van der Waals surface area contributed by atoms with E-state index in [9.17, 15) is 14.7 Å². The molecule has 0 heterocycles. The third kappa shape index (κ3) is 10.6. The normalized spacial score (nSPS) is 12.9. The second-order valence-corrected chi connectivity index (χ2v) is 10.0.